The van der Waals surface area contributed by atoms with Gasteiger partial charge >= 0.3 is 6.03 Å². The van der Waals surface area contributed by atoms with Crippen molar-refractivity contribution in [3.05, 3.63) is 35.0 Å². The fourth-order valence-corrected chi connectivity index (χ4v) is 6.22. The van der Waals surface area contributed by atoms with Crippen LogP contribution in [0.1, 0.15) is 59.6 Å². The minimum absolute atomic E-state index is 0.0500. The van der Waals surface area contributed by atoms with E-state index >= 15 is 0 Å². The number of ketones is 1. The van der Waals surface area contributed by atoms with Crippen molar-refractivity contribution in [3.63, 3.8) is 0 Å². The second-order valence-corrected chi connectivity index (χ2v) is 10.6. The van der Waals surface area contributed by atoms with Crippen LogP contribution in [0.2, 0.25) is 0 Å². The van der Waals surface area contributed by atoms with Crippen LogP contribution in [-0.2, 0) is 9.53 Å². The average Bonchev–Trinajstić information content (AvgIpc) is 3.36. The molecule has 0 radical (unpaired) electrons. The largest absolute Gasteiger partial charge is 0.379 e. The highest BCUT2D eigenvalue weighted by molar-refractivity contribution is 6.25. The summed E-state index contributed by atoms with van der Waals surface area (Å²) in [7, 11) is 0. The summed E-state index contributed by atoms with van der Waals surface area (Å²) >= 11 is 0. The lowest BCUT2D eigenvalue weighted by atomic mass is 9.78. The molecule has 0 bridgehead atoms. The normalized spacial score (nSPS) is 23.9. The third-order valence-corrected chi connectivity index (χ3v) is 8.22. The Labute approximate surface area is 221 Å². The molecule has 11 heteroatoms. The van der Waals surface area contributed by atoms with E-state index in [0.29, 0.717) is 48.8 Å². The summed E-state index contributed by atoms with van der Waals surface area (Å²) in [5.74, 6) is 0.363. The van der Waals surface area contributed by atoms with Crippen LogP contribution in [-0.4, -0.2) is 90.3 Å². The molecule has 2 aliphatic heterocycles. The molecule has 1 saturated carbocycles. The summed E-state index contributed by atoms with van der Waals surface area (Å²) < 4.78 is 5.32. The number of rotatable bonds is 4. The number of benzene rings is 1. The molecule has 11 nitrogen and oxygen atoms in total. The molecule has 2 aromatic rings. The SMILES string of the molecule is O=C(Nc1cccc2c1C(=O)c1c-2n[nH]c1C1CCC(C(=O)N2CCCNCC2)CC1)NN1CCOCC1. The van der Waals surface area contributed by atoms with Gasteiger partial charge < -0.3 is 20.3 Å². The Morgan fingerprint density at radius 1 is 1.00 bits per heavy atom. The number of morpholine rings is 1. The molecule has 2 saturated heterocycles. The zero-order valence-electron chi connectivity index (χ0n) is 21.6. The van der Waals surface area contributed by atoms with E-state index in [-0.39, 0.29) is 29.6 Å². The lowest BCUT2D eigenvalue weighted by Crippen LogP contribution is -2.49. The fourth-order valence-electron chi connectivity index (χ4n) is 6.22. The number of aromatic nitrogens is 2. The Morgan fingerprint density at radius 2 is 1.82 bits per heavy atom. The van der Waals surface area contributed by atoms with Gasteiger partial charge in [0.15, 0.2) is 5.78 Å². The molecule has 202 valence electrons. The highest BCUT2D eigenvalue weighted by atomic mass is 16.5. The average molecular weight is 522 g/mol. The Bertz CT molecular complexity index is 1210. The Balaban J connectivity index is 1.13. The molecule has 3 heterocycles. The standard InChI is InChI=1S/C27H35N7O4/c35-25-21-19(3-1-4-20(21)29-27(37)32-34-13-15-38-16-14-34)24-22(25)23(30-31-24)17-5-7-18(8-6-17)26(36)33-11-2-9-28-10-12-33/h1,3-4,17-18,28H,2,5-16H2,(H,30,31)(H2,29,32,37). The van der Waals surface area contributed by atoms with Gasteiger partial charge in [0, 0.05) is 50.1 Å². The van der Waals surface area contributed by atoms with E-state index in [9.17, 15) is 14.4 Å². The molecule has 3 fully saturated rings. The number of urea groups is 1. The van der Waals surface area contributed by atoms with Gasteiger partial charge in [-0.1, -0.05) is 12.1 Å². The minimum Gasteiger partial charge on any atom is -0.379 e. The molecule has 0 atom stereocenters. The number of amides is 3. The van der Waals surface area contributed by atoms with Crippen LogP contribution in [0, 0.1) is 5.92 Å². The molecule has 6 rings (SSSR count). The molecule has 38 heavy (non-hydrogen) atoms. The van der Waals surface area contributed by atoms with E-state index in [1.54, 1.807) is 11.1 Å². The van der Waals surface area contributed by atoms with Crippen LogP contribution in [0.5, 0.6) is 0 Å². The third kappa shape index (κ3) is 4.81. The first-order chi connectivity index (χ1) is 18.6. The molecule has 4 N–H and O–H groups in total. The highest BCUT2D eigenvalue weighted by Crippen LogP contribution is 2.45. The lowest BCUT2D eigenvalue weighted by molar-refractivity contribution is -0.136. The second-order valence-electron chi connectivity index (χ2n) is 10.6. The van der Waals surface area contributed by atoms with Crippen LogP contribution in [0.25, 0.3) is 11.3 Å². The minimum atomic E-state index is -0.386. The first kappa shape index (κ1) is 25.0. The Kier molecular flexibility index (Phi) is 7.14. The zero-order valence-corrected chi connectivity index (χ0v) is 21.6. The van der Waals surface area contributed by atoms with Crippen LogP contribution in [0.4, 0.5) is 10.5 Å². The first-order valence-corrected chi connectivity index (χ1v) is 13.8. The number of hydrazine groups is 1. The van der Waals surface area contributed by atoms with E-state index in [2.05, 4.69) is 26.3 Å². The Hall–Kier alpha value is -3.28. The van der Waals surface area contributed by atoms with Crippen molar-refractivity contribution in [2.24, 2.45) is 5.92 Å². The van der Waals surface area contributed by atoms with Crippen molar-refractivity contribution in [2.45, 2.75) is 38.0 Å². The first-order valence-electron chi connectivity index (χ1n) is 13.8. The number of hydrogen-bond donors (Lipinski definition) is 4. The third-order valence-electron chi connectivity index (χ3n) is 8.22. The van der Waals surface area contributed by atoms with Crippen LogP contribution < -0.4 is 16.1 Å². The summed E-state index contributed by atoms with van der Waals surface area (Å²) in [6.45, 7) is 5.78. The van der Waals surface area contributed by atoms with Crippen molar-refractivity contribution in [3.8, 4) is 11.3 Å². The number of nitrogens with one attached hydrogen (secondary N) is 4. The number of nitrogens with zero attached hydrogens (tertiary/aromatic N) is 3. The van der Waals surface area contributed by atoms with Crippen LogP contribution in [0.15, 0.2) is 18.2 Å². The number of carbonyl (C=O) groups is 3. The molecule has 1 aromatic heterocycles. The summed E-state index contributed by atoms with van der Waals surface area (Å²) in [5.41, 5.74) is 6.63. The van der Waals surface area contributed by atoms with Crippen molar-refractivity contribution < 1.29 is 19.1 Å². The van der Waals surface area contributed by atoms with Gasteiger partial charge in [0.25, 0.3) is 0 Å². The number of anilines is 1. The predicted octanol–water partition coefficient (Wildman–Crippen LogP) is 2.09. The van der Waals surface area contributed by atoms with Gasteiger partial charge in [-0.15, -0.1) is 0 Å². The number of hydrogen-bond acceptors (Lipinski definition) is 7. The van der Waals surface area contributed by atoms with Gasteiger partial charge in [-0.25, -0.2) is 9.80 Å². The molecule has 0 spiro atoms. The topological polar surface area (TPSA) is 132 Å². The second kappa shape index (κ2) is 10.8. The molecule has 4 aliphatic rings. The quantitative estimate of drug-likeness (QED) is 0.413. The lowest BCUT2D eigenvalue weighted by Gasteiger charge is -2.31. The maximum absolute atomic E-state index is 13.7. The van der Waals surface area contributed by atoms with Crippen molar-refractivity contribution >= 4 is 23.4 Å². The number of aromatic amines is 1. The van der Waals surface area contributed by atoms with E-state index in [4.69, 9.17) is 4.74 Å². The molecule has 2 aliphatic carbocycles. The smallest absolute Gasteiger partial charge is 0.333 e. The molecule has 3 amide bonds. The van der Waals surface area contributed by atoms with E-state index in [0.717, 1.165) is 69.5 Å². The van der Waals surface area contributed by atoms with Gasteiger partial charge in [0.05, 0.1) is 35.7 Å². The molecular weight excluding hydrogens is 486 g/mol. The zero-order chi connectivity index (χ0) is 26.1. The van der Waals surface area contributed by atoms with E-state index in [1.807, 2.05) is 17.0 Å². The number of H-pyrrole nitrogens is 1. The van der Waals surface area contributed by atoms with Gasteiger partial charge in [-0.3, -0.25) is 20.1 Å². The van der Waals surface area contributed by atoms with Crippen molar-refractivity contribution in [1.29, 1.82) is 0 Å². The molecule has 1 aromatic carbocycles. The van der Waals surface area contributed by atoms with Gasteiger partial charge in [0.2, 0.25) is 5.91 Å². The maximum atomic E-state index is 13.7. The number of ether oxygens (including phenoxy) is 1. The van der Waals surface area contributed by atoms with E-state index < -0.39 is 0 Å². The number of fused-ring (bicyclic) bond motifs is 3. The monoisotopic (exact) mass is 521 g/mol. The van der Waals surface area contributed by atoms with Crippen LogP contribution in [0.3, 0.4) is 0 Å². The summed E-state index contributed by atoms with van der Waals surface area (Å²) in [6, 6.07) is 5.07. The van der Waals surface area contributed by atoms with Crippen molar-refractivity contribution in [2.75, 3.05) is 57.8 Å². The van der Waals surface area contributed by atoms with Crippen LogP contribution >= 0.6 is 0 Å². The summed E-state index contributed by atoms with van der Waals surface area (Å²) in [6.07, 6.45) is 4.31. The Morgan fingerprint density at radius 3 is 2.63 bits per heavy atom. The highest BCUT2D eigenvalue weighted by Gasteiger charge is 2.38. The van der Waals surface area contributed by atoms with E-state index in [1.165, 1.54) is 0 Å². The molecular formula is C27H35N7O4. The number of carbonyl (C=O) groups excluding carboxylic acids is 3. The van der Waals surface area contributed by atoms with Crippen molar-refractivity contribution in [1.82, 2.24) is 30.8 Å². The summed E-state index contributed by atoms with van der Waals surface area (Å²) in [5, 5.41) is 15.7. The summed E-state index contributed by atoms with van der Waals surface area (Å²) in [4.78, 5) is 41.5. The van der Waals surface area contributed by atoms with Gasteiger partial charge in [-0.2, -0.15) is 5.10 Å². The molecule has 0 unspecified atom stereocenters. The predicted molar refractivity (Wildman–Crippen MR) is 141 cm³/mol. The fraction of sp³-hybridized carbons (Fsp3) is 0.556. The van der Waals surface area contributed by atoms with Gasteiger partial charge in [0.1, 0.15) is 5.69 Å². The maximum Gasteiger partial charge on any atom is 0.333 e. The van der Waals surface area contributed by atoms with Gasteiger partial charge in [-0.05, 0) is 44.7 Å².